The summed E-state index contributed by atoms with van der Waals surface area (Å²) in [6.07, 6.45) is 1.82. The first-order valence-corrected chi connectivity index (χ1v) is 10.9. The molecule has 0 unspecified atom stereocenters. The molecule has 154 valence electrons. The van der Waals surface area contributed by atoms with Crippen molar-refractivity contribution in [1.82, 2.24) is 4.98 Å². The van der Waals surface area contributed by atoms with E-state index in [9.17, 15) is 4.79 Å². The number of hydrogen-bond acceptors (Lipinski definition) is 3. The lowest BCUT2D eigenvalue weighted by Gasteiger charge is -2.22. The third-order valence-corrected chi connectivity index (χ3v) is 6.50. The molecule has 0 aliphatic heterocycles. The number of fused-ring (bicyclic) bond motifs is 10. The summed E-state index contributed by atoms with van der Waals surface area (Å²) in [4.78, 5) is 18.2. The Morgan fingerprint density at radius 2 is 1.12 bits per heavy atom. The fourth-order valence-electron chi connectivity index (χ4n) is 5.01. The molecule has 3 nitrogen and oxygen atoms in total. The Morgan fingerprint density at radius 3 is 1.88 bits per heavy atom. The fraction of sp³-hybridized carbons (Fsp3) is 0. The normalized spacial score (nSPS) is 11.8. The summed E-state index contributed by atoms with van der Waals surface area (Å²) in [5, 5.41) is 1.17. The van der Waals surface area contributed by atoms with Gasteiger partial charge in [0.25, 0.3) is 0 Å². The molecule has 0 radical (unpaired) electrons. The van der Waals surface area contributed by atoms with Crippen molar-refractivity contribution in [1.29, 1.82) is 0 Å². The van der Waals surface area contributed by atoms with Crippen molar-refractivity contribution in [3.05, 3.63) is 113 Å². The Hall–Kier alpha value is -4.50. The SMILES string of the molecule is O=c1c2ccccc2oc2cc3c(cc12)-c1ccccc1-c1ccccc1-c1cccnc1-3. The van der Waals surface area contributed by atoms with Gasteiger partial charge < -0.3 is 4.42 Å². The van der Waals surface area contributed by atoms with Crippen LogP contribution in [0.2, 0.25) is 0 Å². The summed E-state index contributed by atoms with van der Waals surface area (Å²) in [6, 6.07) is 32.2. The molecular weight excluding hydrogens is 406 g/mol. The molecule has 7 rings (SSSR count). The van der Waals surface area contributed by atoms with Crippen molar-refractivity contribution in [2.75, 3.05) is 0 Å². The summed E-state index contributed by atoms with van der Waals surface area (Å²) in [7, 11) is 0. The highest BCUT2D eigenvalue weighted by molar-refractivity contribution is 6.05. The van der Waals surface area contributed by atoms with E-state index in [0.29, 0.717) is 21.9 Å². The molecule has 0 bridgehead atoms. The molecule has 0 atom stereocenters. The lowest BCUT2D eigenvalue weighted by molar-refractivity contribution is 0.660. The predicted octanol–water partition coefficient (Wildman–Crippen LogP) is 7.32. The molecule has 2 heterocycles. The van der Waals surface area contributed by atoms with Crippen molar-refractivity contribution in [2.45, 2.75) is 0 Å². The second-order valence-electron chi connectivity index (χ2n) is 8.31. The molecule has 0 amide bonds. The van der Waals surface area contributed by atoms with E-state index in [1.165, 1.54) is 0 Å². The highest BCUT2D eigenvalue weighted by atomic mass is 16.3. The average molecular weight is 423 g/mol. The zero-order chi connectivity index (χ0) is 21.9. The van der Waals surface area contributed by atoms with Gasteiger partial charge in [0, 0.05) is 17.3 Å². The molecule has 2 aromatic heterocycles. The molecule has 3 heteroatoms. The van der Waals surface area contributed by atoms with E-state index in [4.69, 9.17) is 9.40 Å². The van der Waals surface area contributed by atoms with Crippen LogP contribution in [0.15, 0.2) is 112 Å². The minimum atomic E-state index is -0.0177. The molecule has 0 spiro atoms. The minimum Gasteiger partial charge on any atom is -0.456 e. The molecule has 0 saturated heterocycles. The summed E-state index contributed by atoms with van der Waals surface area (Å²) in [5.74, 6) is 0. The molecular formula is C30H17NO2. The van der Waals surface area contributed by atoms with Gasteiger partial charge in [-0.2, -0.15) is 0 Å². The lowest BCUT2D eigenvalue weighted by atomic mass is 9.82. The van der Waals surface area contributed by atoms with Crippen LogP contribution in [0.1, 0.15) is 0 Å². The van der Waals surface area contributed by atoms with Crippen LogP contribution >= 0.6 is 0 Å². The summed E-state index contributed by atoms with van der Waals surface area (Å²) in [6.45, 7) is 0. The quantitative estimate of drug-likeness (QED) is 0.240. The maximum atomic E-state index is 13.4. The van der Waals surface area contributed by atoms with E-state index in [2.05, 4.69) is 48.5 Å². The predicted molar refractivity (Wildman–Crippen MR) is 133 cm³/mol. The molecule has 0 N–H and O–H groups in total. The van der Waals surface area contributed by atoms with E-state index in [1.807, 2.05) is 54.7 Å². The Labute approximate surface area is 189 Å². The maximum absolute atomic E-state index is 13.4. The smallest absolute Gasteiger partial charge is 0.200 e. The first kappa shape index (κ1) is 18.1. The molecule has 1 aliphatic carbocycles. The van der Waals surface area contributed by atoms with Crippen molar-refractivity contribution in [2.24, 2.45) is 0 Å². The number of rotatable bonds is 0. The lowest BCUT2D eigenvalue weighted by Crippen LogP contribution is -2.04. The zero-order valence-corrected chi connectivity index (χ0v) is 17.6. The third-order valence-electron chi connectivity index (χ3n) is 6.50. The highest BCUT2D eigenvalue weighted by Crippen LogP contribution is 2.47. The average Bonchev–Trinajstić information content (AvgIpc) is 2.88. The van der Waals surface area contributed by atoms with E-state index in [-0.39, 0.29) is 5.43 Å². The number of para-hydroxylation sites is 1. The fourth-order valence-corrected chi connectivity index (χ4v) is 5.01. The van der Waals surface area contributed by atoms with Gasteiger partial charge in [0.05, 0.1) is 16.5 Å². The van der Waals surface area contributed by atoms with Crippen LogP contribution < -0.4 is 5.43 Å². The number of nitrogens with zero attached hydrogens (tertiary/aromatic N) is 1. The van der Waals surface area contributed by atoms with Gasteiger partial charge >= 0.3 is 0 Å². The van der Waals surface area contributed by atoms with Crippen LogP contribution in [0, 0.1) is 0 Å². The van der Waals surface area contributed by atoms with Gasteiger partial charge in [0.15, 0.2) is 0 Å². The monoisotopic (exact) mass is 423 g/mol. The number of aromatic nitrogens is 1. The Kier molecular flexibility index (Phi) is 3.70. The summed E-state index contributed by atoms with van der Waals surface area (Å²) in [5.41, 5.74) is 9.52. The second kappa shape index (κ2) is 6.75. The summed E-state index contributed by atoms with van der Waals surface area (Å²) < 4.78 is 6.21. The summed E-state index contributed by atoms with van der Waals surface area (Å²) >= 11 is 0. The zero-order valence-electron chi connectivity index (χ0n) is 17.6. The Bertz CT molecular complexity index is 1800. The molecule has 33 heavy (non-hydrogen) atoms. The Morgan fingerprint density at radius 1 is 0.515 bits per heavy atom. The highest BCUT2D eigenvalue weighted by Gasteiger charge is 2.24. The van der Waals surface area contributed by atoms with Gasteiger partial charge in [0.2, 0.25) is 5.43 Å². The number of benzene rings is 4. The maximum Gasteiger partial charge on any atom is 0.200 e. The topological polar surface area (TPSA) is 43.1 Å². The van der Waals surface area contributed by atoms with E-state index >= 15 is 0 Å². The molecule has 0 fully saturated rings. The second-order valence-corrected chi connectivity index (χ2v) is 8.31. The van der Waals surface area contributed by atoms with E-state index in [1.54, 1.807) is 0 Å². The standard InChI is InChI=1S/C30H17NO2/c32-30-23-12-5-6-14-27(23)33-28-17-25-24(16-26(28)30)21-11-4-2-9-19(21)18-8-1-3-10-20(18)22-13-7-15-31-29(22)25/h1-17H. The molecule has 4 aromatic carbocycles. The van der Waals surface area contributed by atoms with E-state index < -0.39 is 0 Å². The molecule has 0 saturated carbocycles. The van der Waals surface area contributed by atoms with E-state index in [0.717, 1.165) is 44.6 Å². The van der Waals surface area contributed by atoms with Crippen molar-refractivity contribution in [3.8, 4) is 44.6 Å². The van der Waals surface area contributed by atoms with Gasteiger partial charge in [-0.15, -0.1) is 0 Å². The first-order chi connectivity index (χ1) is 16.3. The van der Waals surface area contributed by atoms with Gasteiger partial charge in [0.1, 0.15) is 11.2 Å². The Balaban J connectivity index is 1.70. The van der Waals surface area contributed by atoms with Crippen LogP contribution in [0.4, 0.5) is 0 Å². The van der Waals surface area contributed by atoms with Crippen molar-refractivity contribution < 1.29 is 4.42 Å². The van der Waals surface area contributed by atoms with Crippen LogP contribution in [-0.4, -0.2) is 4.98 Å². The van der Waals surface area contributed by atoms with Crippen molar-refractivity contribution >= 4 is 21.9 Å². The molecule has 6 aromatic rings. The minimum absolute atomic E-state index is 0.0177. The van der Waals surface area contributed by atoms with Crippen LogP contribution in [0.5, 0.6) is 0 Å². The van der Waals surface area contributed by atoms with Gasteiger partial charge in [-0.05, 0) is 58.1 Å². The van der Waals surface area contributed by atoms with Crippen molar-refractivity contribution in [3.63, 3.8) is 0 Å². The number of hydrogen-bond donors (Lipinski definition) is 0. The first-order valence-electron chi connectivity index (χ1n) is 10.9. The van der Waals surface area contributed by atoms with Crippen LogP contribution in [0.25, 0.3) is 66.6 Å². The number of pyridine rings is 1. The van der Waals surface area contributed by atoms with Gasteiger partial charge in [-0.1, -0.05) is 66.7 Å². The van der Waals surface area contributed by atoms with Crippen LogP contribution in [0.3, 0.4) is 0 Å². The molecule has 1 aliphatic rings. The largest absolute Gasteiger partial charge is 0.456 e. The van der Waals surface area contributed by atoms with Gasteiger partial charge in [-0.25, -0.2) is 0 Å². The third kappa shape index (κ3) is 2.56. The van der Waals surface area contributed by atoms with Gasteiger partial charge in [-0.3, -0.25) is 9.78 Å². The van der Waals surface area contributed by atoms with Crippen LogP contribution in [-0.2, 0) is 0 Å².